The number of hydrogen-bond acceptors (Lipinski definition) is 3. The Hall–Kier alpha value is -1.42. The molecule has 2 heterocycles. The van der Waals surface area contributed by atoms with Crippen LogP contribution in [0.4, 0.5) is 0 Å². The van der Waals surface area contributed by atoms with Crippen LogP contribution in [0.3, 0.4) is 0 Å². The maximum absolute atomic E-state index is 5.71. The minimum absolute atomic E-state index is 0.495. The minimum atomic E-state index is 0.495. The van der Waals surface area contributed by atoms with Gasteiger partial charge >= 0.3 is 0 Å². The zero-order chi connectivity index (χ0) is 11.7. The lowest BCUT2D eigenvalue weighted by Crippen LogP contribution is -2.10. The van der Waals surface area contributed by atoms with Gasteiger partial charge in [-0.1, -0.05) is 19.3 Å². The highest BCUT2D eigenvalue weighted by Gasteiger charge is 2.20. The van der Waals surface area contributed by atoms with Gasteiger partial charge in [-0.25, -0.2) is 4.98 Å². The van der Waals surface area contributed by atoms with Gasteiger partial charge in [0.15, 0.2) is 0 Å². The van der Waals surface area contributed by atoms with Crippen molar-refractivity contribution in [2.75, 3.05) is 0 Å². The Balaban J connectivity index is 2.08. The normalized spacial score (nSPS) is 17.7. The first-order valence-electron chi connectivity index (χ1n) is 6.41. The lowest BCUT2D eigenvalue weighted by Gasteiger charge is -2.21. The van der Waals surface area contributed by atoms with Crippen LogP contribution in [0.25, 0.3) is 11.0 Å². The van der Waals surface area contributed by atoms with E-state index in [4.69, 9.17) is 10.7 Å². The molecule has 17 heavy (non-hydrogen) atoms. The first kappa shape index (κ1) is 10.7. The molecule has 0 unspecified atom stereocenters. The van der Waals surface area contributed by atoms with Gasteiger partial charge in [-0.05, 0) is 18.9 Å². The number of nitrogens with zero attached hydrogens (tertiary/aromatic N) is 2. The molecule has 4 nitrogen and oxygen atoms in total. The van der Waals surface area contributed by atoms with Crippen molar-refractivity contribution >= 4 is 11.0 Å². The summed E-state index contributed by atoms with van der Waals surface area (Å²) < 4.78 is 0. The van der Waals surface area contributed by atoms with E-state index in [1.165, 1.54) is 32.1 Å². The lowest BCUT2D eigenvalue weighted by molar-refractivity contribution is 0.438. The average Bonchev–Trinajstić information content (AvgIpc) is 2.86. The zero-order valence-electron chi connectivity index (χ0n) is 9.95. The molecular weight excluding hydrogens is 212 g/mol. The summed E-state index contributed by atoms with van der Waals surface area (Å²) in [4.78, 5) is 12.3. The molecule has 0 saturated heterocycles. The van der Waals surface area contributed by atoms with Gasteiger partial charge < -0.3 is 10.7 Å². The van der Waals surface area contributed by atoms with Gasteiger partial charge in [0.1, 0.15) is 5.52 Å². The minimum Gasteiger partial charge on any atom is -0.344 e. The number of rotatable bonds is 2. The predicted molar refractivity (Wildman–Crippen MR) is 67.6 cm³/mol. The number of pyridine rings is 1. The summed E-state index contributed by atoms with van der Waals surface area (Å²) in [5.74, 6) is 0.570. The van der Waals surface area contributed by atoms with Crippen LogP contribution in [-0.4, -0.2) is 15.0 Å². The molecule has 2 aromatic heterocycles. The van der Waals surface area contributed by atoms with Gasteiger partial charge in [-0.2, -0.15) is 0 Å². The summed E-state index contributed by atoms with van der Waals surface area (Å²) >= 11 is 0. The van der Waals surface area contributed by atoms with Crippen LogP contribution in [0.2, 0.25) is 0 Å². The predicted octanol–water partition coefficient (Wildman–Crippen LogP) is 2.46. The second-order valence-electron chi connectivity index (χ2n) is 4.84. The van der Waals surface area contributed by atoms with E-state index in [2.05, 4.69) is 9.97 Å². The van der Waals surface area contributed by atoms with Gasteiger partial charge in [0.05, 0.1) is 23.2 Å². The topological polar surface area (TPSA) is 67.6 Å². The van der Waals surface area contributed by atoms with E-state index in [-0.39, 0.29) is 0 Å². The first-order valence-corrected chi connectivity index (χ1v) is 6.41. The van der Waals surface area contributed by atoms with Crippen molar-refractivity contribution in [1.82, 2.24) is 15.0 Å². The molecule has 0 aromatic carbocycles. The number of imidazole rings is 1. The molecule has 0 bridgehead atoms. The number of aromatic nitrogens is 3. The Bertz CT molecular complexity index is 511. The third-order valence-electron chi connectivity index (χ3n) is 3.69. The van der Waals surface area contributed by atoms with E-state index in [0.29, 0.717) is 12.5 Å². The van der Waals surface area contributed by atoms with E-state index < -0.39 is 0 Å². The summed E-state index contributed by atoms with van der Waals surface area (Å²) in [5.41, 5.74) is 9.93. The van der Waals surface area contributed by atoms with Crippen molar-refractivity contribution in [1.29, 1.82) is 0 Å². The van der Waals surface area contributed by atoms with Crippen molar-refractivity contribution in [3.05, 3.63) is 23.8 Å². The monoisotopic (exact) mass is 230 g/mol. The molecule has 4 heteroatoms. The number of nitrogens with two attached hydrogens (primary N) is 1. The summed E-state index contributed by atoms with van der Waals surface area (Å²) in [5, 5.41) is 0. The van der Waals surface area contributed by atoms with Crippen LogP contribution in [-0.2, 0) is 6.54 Å². The Morgan fingerprint density at radius 2 is 2.12 bits per heavy atom. The fraction of sp³-hybridized carbons (Fsp3) is 0.538. The molecule has 3 rings (SSSR count). The average molecular weight is 230 g/mol. The molecule has 1 aliphatic carbocycles. The maximum Gasteiger partial charge on any atom is 0.110 e. The van der Waals surface area contributed by atoms with Crippen LogP contribution in [0.1, 0.15) is 49.4 Å². The van der Waals surface area contributed by atoms with Crippen LogP contribution < -0.4 is 5.73 Å². The van der Waals surface area contributed by atoms with Gasteiger partial charge in [0, 0.05) is 12.5 Å². The van der Waals surface area contributed by atoms with E-state index in [0.717, 1.165) is 22.4 Å². The van der Waals surface area contributed by atoms with Crippen LogP contribution in [0.5, 0.6) is 0 Å². The quantitative estimate of drug-likeness (QED) is 0.832. The van der Waals surface area contributed by atoms with E-state index >= 15 is 0 Å². The molecule has 3 N–H and O–H groups in total. The third kappa shape index (κ3) is 1.93. The number of H-pyrrole nitrogens is 1. The largest absolute Gasteiger partial charge is 0.344 e. The molecule has 0 aliphatic heterocycles. The van der Waals surface area contributed by atoms with Crippen LogP contribution in [0, 0.1) is 0 Å². The third-order valence-corrected chi connectivity index (χ3v) is 3.69. The SMILES string of the molecule is NCc1cc2[nH]cnc2c(C2CCCCC2)n1. The highest BCUT2D eigenvalue weighted by Crippen LogP contribution is 2.34. The Kier molecular flexibility index (Phi) is 2.81. The first-order chi connectivity index (χ1) is 8.38. The van der Waals surface area contributed by atoms with Gasteiger partial charge in [-0.15, -0.1) is 0 Å². The standard InChI is InChI=1S/C13H18N4/c14-7-10-6-11-13(16-8-15-11)12(17-10)9-4-2-1-3-5-9/h6,8-9H,1-5,7,14H2,(H,15,16). The van der Waals surface area contributed by atoms with Crippen molar-refractivity contribution in [2.45, 2.75) is 44.6 Å². The van der Waals surface area contributed by atoms with Crippen LogP contribution in [0.15, 0.2) is 12.4 Å². The summed E-state index contributed by atoms with van der Waals surface area (Å²) in [6, 6.07) is 2.01. The van der Waals surface area contributed by atoms with E-state index in [9.17, 15) is 0 Å². The Morgan fingerprint density at radius 3 is 2.88 bits per heavy atom. The number of hydrogen-bond donors (Lipinski definition) is 2. The Labute approximate surface area is 101 Å². The van der Waals surface area contributed by atoms with Crippen molar-refractivity contribution in [2.24, 2.45) is 5.73 Å². The molecule has 0 radical (unpaired) electrons. The van der Waals surface area contributed by atoms with Gasteiger partial charge in [0.25, 0.3) is 0 Å². The number of aromatic amines is 1. The summed E-state index contributed by atoms with van der Waals surface area (Å²) in [7, 11) is 0. The van der Waals surface area contributed by atoms with E-state index in [1.54, 1.807) is 6.33 Å². The molecule has 2 aromatic rings. The smallest absolute Gasteiger partial charge is 0.110 e. The maximum atomic E-state index is 5.71. The zero-order valence-corrected chi connectivity index (χ0v) is 9.95. The fourth-order valence-corrected chi connectivity index (χ4v) is 2.79. The number of fused-ring (bicyclic) bond motifs is 1. The molecule has 1 aliphatic rings. The van der Waals surface area contributed by atoms with E-state index in [1.807, 2.05) is 6.07 Å². The molecule has 0 amide bonds. The second-order valence-corrected chi connectivity index (χ2v) is 4.84. The van der Waals surface area contributed by atoms with Gasteiger partial charge in [0.2, 0.25) is 0 Å². The Morgan fingerprint density at radius 1 is 1.29 bits per heavy atom. The lowest BCUT2D eigenvalue weighted by atomic mass is 9.86. The molecule has 1 saturated carbocycles. The molecular formula is C13H18N4. The van der Waals surface area contributed by atoms with Crippen molar-refractivity contribution in [3.63, 3.8) is 0 Å². The molecule has 90 valence electrons. The molecule has 0 spiro atoms. The van der Waals surface area contributed by atoms with Gasteiger partial charge in [-0.3, -0.25) is 4.98 Å². The van der Waals surface area contributed by atoms with Crippen molar-refractivity contribution < 1.29 is 0 Å². The molecule has 0 atom stereocenters. The highest BCUT2D eigenvalue weighted by atomic mass is 14.9. The molecule has 1 fully saturated rings. The fourth-order valence-electron chi connectivity index (χ4n) is 2.79. The number of nitrogens with one attached hydrogen (secondary N) is 1. The van der Waals surface area contributed by atoms with Crippen molar-refractivity contribution in [3.8, 4) is 0 Å². The highest BCUT2D eigenvalue weighted by molar-refractivity contribution is 5.77. The second kappa shape index (κ2) is 4.45. The van der Waals surface area contributed by atoms with Crippen LogP contribution >= 0.6 is 0 Å². The summed E-state index contributed by atoms with van der Waals surface area (Å²) in [6.45, 7) is 0.495. The summed E-state index contributed by atoms with van der Waals surface area (Å²) in [6.07, 6.45) is 8.21.